The molecule has 0 saturated carbocycles. The van der Waals surface area contributed by atoms with E-state index in [0.29, 0.717) is 44.0 Å². The Morgan fingerprint density at radius 3 is 2.38 bits per heavy atom. The van der Waals surface area contributed by atoms with Gasteiger partial charge >= 0.3 is 5.97 Å². The molecule has 0 spiro atoms. The zero-order valence-electron chi connectivity index (χ0n) is 16.1. The number of fused-ring (bicyclic) bond motifs is 1. The number of benzene rings is 1. The van der Waals surface area contributed by atoms with Crippen LogP contribution in [0, 0.1) is 0 Å². The second-order valence-electron chi connectivity index (χ2n) is 7.11. The number of carbonyl (C=O) groups excluding carboxylic acids is 2. The summed E-state index contributed by atoms with van der Waals surface area (Å²) in [6.07, 6.45) is -0.121. The molecule has 2 aliphatic heterocycles. The lowest BCUT2D eigenvalue weighted by Gasteiger charge is -2.19. The fourth-order valence-corrected chi connectivity index (χ4v) is 4.17. The van der Waals surface area contributed by atoms with Crippen molar-refractivity contribution in [2.75, 3.05) is 33.4 Å². The Morgan fingerprint density at radius 2 is 1.79 bits per heavy atom. The lowest BCUT2D eigenvalue weighted by Crippen LogP contribution is -2.33. The van der Waals surface area contributed by atoms with E-state index in [1.165, 1.54) is 7.11 Å². The van der Waals surface area contributed by atoms with Crippen molar-refractivity contribution in [1.82, 2.24) is 4.90 Å². The number of hydrogen-bond donors (Lipinski definition) is 0. The average Bonchev–Trinajstić information content (AvgIpc) is 3.36. The van der Waals surface area contributed by atoms with Crippen molar-refractivity contribution in [3.63, 3.8) is 0 Å². The third kappa shape index (κ3) is 4.77. The van der Waals surface area contributed by atoms with Crippen molar-refractivity contribution < 1.29 is 28.5 Å². The standard InChI is InChI=1S/C21H23NO6S/c1-25-21(24)15-2-4-16(5-3-15)28-17-11-26-18-9-22(10-19(18)27-12-17)20(23)8-14-6-7-29-13-14/h2-7,13,17-19H,8-12H2,1H3/t18-,19-/m0/s1. The normalized spacial score (nSPS) is 22.0. The van der Waals surface area contributed by atoms with Gasteiger partial charge in [0, 0.05) is 13.1 Å². The summed E-state index contributed by atoms with van der Waals surface area (Å²) in [7, 11) is 1.35. The Morgan fingerprint density at radius 1 is 1.10 bits per heavy atom. The zero-order chi connectivity index (χ0) is 20.2. The third-order valence-corrected chi connectivity index (χ3v) is 5.81. The molecule has 0 bridgehead atoms. The van der Waals surface area contributed by atoms with Crippen molar-refractivity contribution in [3.8, 4) is 5.75 Å². The molecular formula is C21H23NO6S. The summed E-state index contributed by atoms with van der Waals surface area (Å²) in [5, 5.41) is 3.98. The van der Waals surface area contributed by atoms with Gasteiger partial charge in [0.2, 0.25) is 5.91 Å². The van der Waals surface area contributed by atoms with E-state index in [1.807, 2.05) is 21.7 Å². The molecule has 29 heavy (non-hydrogen) atoms. The Labute approximate surface area is 173 Å². The minimum absolute atomic E-state index is 0.0992. The predicted molar refractivity (Wildman–Crippen MR) is 106 cm³/mol. The van der Waals surface area contributed by atoms with Crippen LogP contribution in [0.5, 0.6) is 5.75 Å². The summed E-state index contributed by atoms with van der Waals surface area (Å²) in [5.41, 5.74) is 1.51. The summed E-state index contributed by atoms with van der Waals surface area (Å²) in [5.74, 6) is 0.347. The molecular weight excluding hydrogens is 394 g/mol. The summed E-state index contributed by atoms with van der Waals surface area (Å²) >= 11 is 1.59. The molecule has 2 fully saturated rings. The summed E-state index contributed by atoms with van der Waals surface area (Å²) in [6.45, 7) is 1.83. The number of ether oxygens (including phenoxy) is 4. The van der Waals surface area contributed by atoms with Crippen LogP contribution in [0.1, 0.15) is 15.9 Å². The van der Waals surface area contributed by atoms with Crippen LogP contribution >= 0.6 is 11.3 Å². The number of esters is 1. The lowest BCUT2D eigenvalue weighted by molar-refractivity contribution is -0.130. The maximum atomic E-state index is 12.5. The van der Waals surface area contributed by atoms with Gasteiger partial charge in [-0.25, -0.2) is 4.79 Å². The SMILES string of the molecule is COC(=O)c1ccc(OC2CO[C@H]3CN(C(=O)Cc4ccsc4)C[C@@H]3OC2)cc1. The first kappa shape index (κ1) is 19.9. The number of hydrogen-bond acceptors (Lipinski definition) is 7. The van der Waals surface area contributed by atoms with E-state index in [9.17, 15) is 9.59 Å². The molecule has 2 atom stereocenters. The highest BCUT2D eigenvalue weighted by atomic mass is 32.1. The van der Waals surface area contributed by atoms with Gasteiger partial charge in [-0.1, -0.05) is 0 Å². The lowest BCUT2D eigenvalue weighted by atomic mass is 10.2. The van der Waals surface area contributed by atoms with E-state index in [1.54, 1.807) is 35.6 Å². The maximum absolute atomic E-state index is 12.5. The topological polar surface area (TPSA) is 74.3 Å². The molecule has 1 aromatic carbocycles. The average molecular weight is 417 g/mol. The molecule has 7 nitrogen and oxygen atoms in total. The third-order valence-electron chi connectivity index (χ3n) is 5.07. The van der Waals surface area contributed by atoms with E-state index >= 15 is 0 Å². The smallest absolute Gasteiger partial charge is 0.337 e. The van der Waals surface area contributed by atoms with E-state index in [0.717, 1.165) is 5.56 Å². The molecule has 0 radical (unpaired) electrons. The Kier molecular flexibility index (Phi) is 6.13. The Hall–Kier alpha value is -2.42. The van der Waals surface area contributed by atoms with E-state index in [4.69, 9.17) is 18.9 Å². The van der Waals surface area contributed by atoms with E-state index < -0.39 is 0 Å². The first-order chi connectivity index (χ1) is 14.1. The molecule has 4 rings (SSSR count). The molecule has 3 heterocycles. The van der Waals surface area contributed by atoms with Gasteiger partial charge in [0.25, 0.3) is 0 Å². The number of carbonyl (C=O) groups is 2. The van der Waals surface area contributed by atoms with Gasteiger partial charge in [0.05, 0.1) is 32.3 Å². The number of amides is 1. The predicted octanol–water partition coefficient (Wildman–Crippen LogP) is 2.15. The number of nitrogens with zero attached hydrogens (tertiary/aromatic N) is 1. The van der Waals surface area contributed by atoms with Crippen LogP contribution in [0.25, 0.3) is 0 Å². The van der Waals surface area contributed by atoms with Crippen LogP contribution in [0.15, 0.2) is 41.1 Å². The highest BCUT2D eigenvalue weighted by molar-refractivity contribution is 7.08. The quantitative estimate of drug-likeness (QED) is 0.694. The van der Waals surface area contributed by atoms with Gasteiger partial charge < -0.3 is 23.8 Å². The van der Waals surface area contributed by atoms with Crippen molar-refractivity contribution in [2.45, 2.75) is 24.7 Å². The summed E-state index contributed by atoms with van der Waals surface area (Å²) in [4.78, 5) is 25.8. The molecule has 2 aliphatic rings. The molecule has 2 aromatic rings. The minimum Gasteiger partial charge on any atom is -0.486 e. The van der Waals surface area contributed by atoms with Crippen LogP contribution in [0.3, 0.4) is 0 Å². The Bertz CT molecular complexity index is 821. The number of thiophene rings is 1. The van der Waals surface area contributed by atoms with Crippen LogP contribution in [0.4, 0.5) is 0 Å². The minimum atomic E-state index is -0.386. The monoisotopic (exact) mass is 417 g/mol. The van der Waals surface area contributed by atoms with Crippen LogP contribution in [-0.2, 0) is 25.4 Å². The van der Waals surface area contributed by atoms with Crippen molar-refractivity contribution >= 4 is 23.2 Å². The van der Waals surface area contributed by atoms with E-state index in [-0.39, 0.29) is 30.2 Å². The van der Waals surface area contributed by atoms with Crippen molar-refractivity contribution in [1.29, 1.82) is 0 Å². The fourth-order valence-electron chi connectivity index (χ4n) is 3.51. The molecule has 1 amide bonds. The summed E-state index contributed by atoms with van der Waals surface area (Å²) < 4.78 is 22.6. The highest BCUT2D eigenvalue weighted by Crippen LogP contribution is 2.23. The molecule has 2 saturated heterocycles. The van der Waals surface area contributed by atoms with Gasteiger partial charge in [-0.15, -0.1) is 0 Å². The molecule has 8 heteroatoms. The van der Waals surface area contributed by atoms with Crippen LogP contribution in [0.2, 0.25) is 0 Å². The van der Waals surface area contributed by atoms with Crippen molar-refractivity contribution in [2.24, 2.45) is 0 Å². The van der Waals surface area contributed by atoms with Gasteiger partial charge in [-0.3, -0.25) is 4.79 Å². The van der Waals surface area contributed by atoms with Crippen LogP contribution < -0.4 is 4.74 Å². The largest absolute Gasteiger partial charge is 0.486 e. The molecule has 0 aliphatic carbocycles. The van der Waals surface area contributed by atoms with Crippen molar-refractivity contribution in [3.05, 3.63) is 52.2 Å². The first-order valence-electron chi connectivity index (χ1n) is 9.49. The fraction of sp³-hybridized carbons (Fsp3) is 0.429. The molecule has 154 valence electrons. The van der Waals surface area contributed by atoms with Gasteiger partial charge in [0.1, 0.15) is 24.1 Å². The second kappa shape index (κ2) is 8.94. The van der Waals surface area contributed by atoms with Gasteiger partial charge in [-0.2, -0.15) is 11.3 Å². The number of likely N-dealkylation sites (tertiary alicyclic amines) is 1. The molecule has 0 unspecified atom stereocenters. The Balaban J connectivity index is 1.28. The summed E-state index contributed by atoms with van der Waals surface area (Å²) in [6, 6.07) is 8.74. The molecule has 0 N–H and O–H groups in total. The maximum Gasteiger partial charge on any atom is 0.337 e. The first-order valence-corrected chi connectivity index (χ1v) is 10.4. The zero-order valence-corrected chi connectivity index (χ0v) is 16.9. The van der Waals surface area contributed by atoms with Gasteiger partial charge in [-0.05, 0) is 46.7 Å². The highest BCUT2D eigenvalue weighted by Gasteiger charge is 2.39. The van der Waals surface area contributed by atoms with Crippen LogP contribution in [-0.4, -0.2) is 68.5 Å². The van der Waals surface area contributed by atoms with Gasteiger partial charge in [0.15, 0.2) is 0 Å². The number of methoxy groups -OCH3 is 1. The second-order valence-corrected chi connectivity index (χ2v) is 7.89. The number of rotatable bonds is 5. The van der Waals surface area contributed by atoms with E-state index in [2.05, 4.69) is 0 Å². The molecule has 1 aromatic heterocycles.